The number of nitrogen functional groups attached to an aromatic ring is 1. The molecule has 0 radical (unpaired) electrons. The Labute approximate surface area is 111 Å². The molecule has 0 aliphatic rings. The first-order valence-corrected chi connectivity index (χ1v) is 7.01. The maximum Gasteiger partial charge on any atom is 0.261 e. The number of nitrogens with one attached hydrogen (secondary N) is 1. The summed E-state index contributed by atoms with van der Waals surface area (Å²) in [5.41, 5.74) is 6.81. The highest BCUT2D eigenvalue weighted by atomic mass is 32.2. The van der Waals surface area contributed by atoms with Crippen LogP contribution in [0, 0.1) is 12.7 Å². The molecule has 0 saturated heterocycles. The second-order valence-corrected chi connectivity index (χ2v) is 5.82. The molecule has 0 unspecified atom stereocenters. The van der Waals surface area contributed by atoms with Crippen molar-refractivity contribution in [2.75, 3.05) is 10.5 Å². The van der Waals surface area contributed by atoms with E-state index in [9.17, 15) is 12.8 Å². The average Bonchev–Trinajstić information content (AvgIpc) is 2.35. The van der Waals surface area contributed by atoms with Crippen LogP contribution in [0.15, 0.2) is 47.4 Å². The summed E-state index contributed by atoms with van der Waals surface area (Å²) < 4.78 is 39.8. The van der Waals surface area contributed by atoms with Gasteiger partial charge in [-0.05, 0) is 48.9 Å². The van der Waals surface area contributed by atoms with Crippen molar-refractivity contribution in [2.24, 2.45) is 0 Å². The van der Waals surface area contributed by atoms with Gasteiger partial charge in [-0.2, -0.15) is 0 Å². The molecule has 0 aliphatic heterocycles. The summed E-state index contributed by atoms with van der Waals surface area (Å²) in [5, 5.41) is 0. The first-order valence-electron chi connectivity index (χ1n) is 5.53. The van der Waals surface area contributed by atoms with Gasteiger partial charge in [0.05, 0.1) is 4.90 Å². The summed E-state index contributed by atoms with van der Waals surface area (Å²) in [4.78, 5) is -0.118. The lowest BCUT2D eigenvalue weighted by atomic mass is 10.2. The van der Waals surface area contributed by atoms with Crippen LogP contribution in [-0.2, 0) is 10.0 Å². The zero-order valence-electron chi connectivity index (χ0n) is 10.2. The van der Waals surface area contributed by atoms with Gasteiger partial charge in [-0.1, -0.05) is 6.07 Å². The highest BCUT2D eigenvalue weighted by Crippen LogP contribution is 2.19. The smallest absolute Gasteiger partial charge is 0.261 e. The molecule has 6 heteroatoms. The van der Waals surface area contributed by atoms with Gasteiger partial charge >= 0.3 is 0 Å². The number of hydrogen-bond donors (Lipinski definition) is 2. The van der Waals surface area contributed by atoms with Gasteiger partial charge in [0.25, 0.3) is 10.0 Å². The topological polar surface area (TPSA) is 72.2 Å². The van der Waals surface area contributed by atoms with Gasteiger partial charge in [0, 0.05) is 11.4 Å². The van der Waals surface area contributed by atoms with Crippen molar-refractivity contribution < 1.29 is 12.8 Å². The molecule has 0 atom stereocenters. The zero-order valence-corrected chi connectivity index (χ0v) is 11.0. The highest BCUT2D eigenvalue weighted by Gasteiger charge is 2.15. The van der Waals surface area contributed by atoms with E-state index in [1.54, 1.807) is 19.1 Å². The summed E-state index contributed by atoms with van der Waals surface area (Å²) >= 11 is 0. The number of aryl methyl sites for hydroxylation is 1. The second kappa shape index (κ2) is 4.89. The Balaban J connectivity index is 2.32. The molecule has 0 bridgehead atoms. The van der Waals surface area contributed by atoms with Crippen LogP contribution in [0.2, 0.25) is 0 Å². The predicted octanol–water partition coefficient (Wildman–Crippen LogP) is 2.52. The predicted molar refractivity (Wildman–Crippen MR) is 72.8 cm³/mol. The number of hydrogen-bond acceptors (Lipinski definition) is 3. The summed E-state index contributed by atoms with van der Waals surface area (Å²) in [6.45, 7) is 1.57. The van der Waals surface area contributed by atoms with Gasteiger partial charge in [0.1, 0.15) is 5.82 Å². The Hall–Kier alpha value is -2.08. The van der Waals surface area contributed by atoms with Gasteiger partial charge in [-0.3, -0.25) is 4.72 Å². The molecular formula is C13H13FN2O2S. The first kappa shape index (κ1) is 13.4. The Kier molecular flexibility index (Phi) is 3.44. The van der Waals surface area contributed by atoms with Gasteiger partial charge in [0.2, 0.25) is 0 Å². The third kappa shape index (κ3) is 3.03. The van der Waals surface area contributed by atoms with Crippen molar-refractivity contribution >= 4 is 21.4 Å². The molecule has 19 heavy (non-hydrogen) atoms. The maximum absolute atomic E-state index is 13.4. The van der Waals surface area contributed by atoms with Crippen molar-refractivity contribution in [3.8, 4) is 0 Å². The van der Waals surface area contributed by atoms with Crippen molar-refractivity contribution in [1.82, 2.24) is 0 Å². The second-order valence-electron chi connectivity index (χ2n) is 4.14. The molecule has 0 fully saturated rings. The van der Waals surface area contributed by atoms with Crippen LogP contribution in [0.25, 0.3) is 0 Å². The van der Waals surface area contributed by atoms with Crippen LogP contribution in [0.1, 0.15) is 5.56 Å². The molecule has 0 amide bonds. The zero-order chi connectivity index (χ0) is 14.0. The van der Waals surface area contributed by atoms with E-state index < -0.39 is 15.8 Å². The lowest BCUT2D eigenvalue weighted by Gasteiger charge is -2.09. The van der Waals surface area contributed by atoms with Crippen LogP contribution >= 0.6 is 0 Å². The van der Waals surface area contributed by atoms with Crippen molar-refractivity contribution in [1.29, 1.82) is 0 Å². The Morgan fingerprint density at radius 2 is 1.74 bits per heavy atom. The molecule has 0 aliphatic carbocycles. The molecular weight excluding hydrogens is 267 g/mol. The quantitative estimate of drug-likeness (QED) is 0.848. The van der Waals surface area contributed by atoms with E-state index in [0.717, 1.165) is 6.07 Å². The SMILES string of the molecule is Cc1ccc(S(=O)(=O)Nc2ccc(N)cc2)cc1F. The molecule has 4 nitrogen and oxygen atoms in total. The Bertz CT molecular complexity index is 697. The molecule has 0 saturated carbocycles. The Morgan fingerprint density at radius 3 is 2.32 bits per heavy atom. The number of anilines is 2. The van der Waals surface area contributed by atoms with Gasteiger partial charge < -0.3 is 5.73 Å². The van der Waals surface area contributed by atoms with Crippen molar-refractivity contribution in [2.45, 2.75) is 11.8 Å². The standard InChI is InChI=1S/C13H13FN2O2S/c1-9-2-7-12(8-13(9)14)19(17,18)16-11-5-3-10(15)4-6-11/h2-8,16H,15H2,1H3. The van der Waals surface area contributed by atoms with Crippen LogP contribution in [0.4, 0.5) is 15.8 Å². The van der Waals surface area contributed by atoms with E-state index in [4.69, 9.17) is 5.73 Å². The fraction of sp³-hybridized carbons (Fsp3) is 0.0769. The number of nitrogens with two attached hydrogens (primary N) is 1. The minimum absolute atomic E-state index is 0.118. The summed E-state index contributed by atoms with van der Waals surface area (Å²) in [7, 11) is -3.80. The van der Waals surface area contributed by atoms with E-state index in [0.29, 0.717) is 16.9 Å². The third-order valence-electron chi connectivity index (χ3n) is 2.62. The van der Waals surface area contributed by atoms with E-state index in [-0.39, 0.29) is 4.90 Å². The highest BCUT2D eigenvalue weighted by molar-refractivity contribution is 7.92. The normalized spacial score (nSPS) is 11.3. The molecule has 100 valence electrons. The van der Waals surface area contributed by atoms with Gasteiger partial charge in [0.15, 0.2) is 0 Å². The fourth-order valence-electron chi connectivity index (χ4n) is 1.51. The maximum atomic E-state index is 13.4. The number of benzene rings is 2. The van der Waals surface area contributed by atoms with E-state index in [1.807, 2.05) is 0 Å². The first-order chi connectivity index (χ1) is 8.88. The molecule has 0 heterocycles. The third-order valence-corrected chi connectivity index (χ3v) is 4.00. The molecule has 3 N–H and O–H groups in total. The number of rotatable bonds is 3. The lowest BCUT2D eigenvalue weighted by molar-refractivity contribution is 0.593. The summed E-state index contributed by atoms with van der Waals surface area (Å²) in [5.74, 6) is -0.555. The van der Waals surface area contributed by atoms with Crippen molar-refractivity contribution in [3.63, 3.8) is 0 Å². The van der Waals surface area contributed by atoms with Crippen molar-refractivity contribution in [3.05, 3.63) is 53.8 Å². The molecule has 2 rings (SSSR count). The molecule has 0 spiro atoms. The molecule has 0 aromatic heterocycles. The van der Waals surface area contributed by atoms with Crippen LogP contribution in [0.3, 0.4) is 0 Å². The minimum atomic E-state index is -3.80. The van der Waals surface area contributed by atoms with E-state index in [2.05, 4.69) is 4.72 Å². The fourth-order valence-corrected chi connectivity index (χ4v) is 2.58. The summed E-state index contributed by atoms with van der Waals surface area (Å²) in [6, 6.07) is 10.0. The van der Waals surface area contributed by atoms with Crippen LogP contribution in [-0.4, -0.2) is 8.42 Å². The number of halogens is 1. The number of sulfonamides is 1. The monoisotopic (exact) mass is 280 g/mol. The van der Waals surface area contributed by atoms with Gasteiger partial charge in [-0.25, -0.2) is 12.8 Å². The largest absolute Gasteiger partial charge is 0.399 e. The van der Waals surface area contributed by atoms with Crippen LogP contribution < -0.4 is 10.5 Å². The Morgan fingerprint density at radius 1 is 1.11 bits per heavy atom. The lowest BCUT2D eigenvalue weighted by Crippen LogP contribution is -2.13. The minimum Gasteiger partial charge on any atom is -0.399 e. The molecule has 2 aromatic carbocycles. The van der Waals surface area contributed by atoms with Gasteiger partial charge in [-0.15, -0.1) is 0 Å². The summed E-state index contributed by atoms with van der Waals surface area (Å²) in [6.07, 6.45) is 0. The van der Waals surface area contributed by atoms with Crippen LogP contribution in [0.5, 0.6) is 0 Å². The average molecular weight is 280 g/mol. The molecule has 2 aromatic rings. The van der Waals surface area contributed by atoms with E-state index >= 15 is 0 Å². The van der Waals surface area contributed by atoms with E-state index in [1.165, 1.54) is 24.3 Å².